The number of hydrogen-bond donors (Lipinski definition) is 3. The van der Waals surface area contributed by atoms with Gasteiger partial charge in [0.15, 0.2) is 6.10 Å². The van der Waals surface area contributed by atoms with Gasteiger partial charge in [0.05, 0.1) is 13.2 Å². The molecule has 3 atom stereocenters. The van der Waals surface area contributed by atoms with E-state index >= 15 is 0 Å². The zero-order chi connectivity index (χ0) is 41.4. The van der Waals surface area contributed by atoms with E-state index in [4.69, 9.17) is 24.8 Å². The van der Waals surface area contributed by atoms with Crippen LogP contribution < -0.4 is 5.73 Å². The van der Waals surface area contributed by atoms with Crippen LogP contribution in [0.4, 0.5) is 0 Å². The number of hydrogen-bond acceptors (Lipinski definition) is 9. The number of phosphoric ester groups is 1. The summed E-state index contributed by atoms with van der Waals surface area (Å²) in [7, 11) is -4.74. The van der Waals surface area contributed by atoms with Crippen molar-refractivity contribution < 1.29 is 47.5 Å². The summed E-state index contributed by atoms with van der Waals surface area (Å²) in [4.78, 5) is 45.9. The van der Waals surface area contributed by atoms with Gasteiger partial charge in [0.2, 0.25) is 0 Å². The highest BCUT2D eigenvalue weighted by Gasteiger charge is 2.28. The van der Waals surface area contributed by atoms with E-state index in [0.29, 0.717) is 19.3 Å². The van der Waals surface area contributed by atoms with Crippen molar-refractivity contribution in [3.8, 4) is 0 Å². The highest BCUT2D eigenvalue weighted by atomic mass is 31.2. The minimum atomic E-state index is -4.74. The smallest absolute Gasteiger partial charge is 0.472 e. The van der Waals surface area contributed by atoms with E-state index < -0.39 is 51.1 Å². The van der Waals surface area contributed by atoms with Crippen molar-refractivity contribution in [1.29, 1.82) is 0 Å². The number of carbonyl (C=O) groups excluding carboxylic acids is 2. The average Bonchev–Trinajstić information content (AvgIpc) is 3.17. The van der Waals surface area contributed by atoms with Crippen LogP contribution in [0.25, 0.3) is 0 Å². The molecule has 11 nitrogen and oxygen atoms in total. The normalized spacial score (nSPS) is 14.6. The summed E-state index contributed by atoms with van der Waals surface area (Å²) < 4.78 is 32.6. The molecular weight excluding hydrogens is 733 g/mol. The van der Waals surface area contributed by atoms with Crippen LogP contribution in [0.3, 0.4) is 0 Å². The summed E-state index contributed by atoms with van der Waals surface area (Å²) in [5.41, 5.74) is 5.32. The lowest BCUT2D eigenvalue weighted by atomic mass is 10.1. The van der Waals surface area contributed by atoms with Gasteiger partial charge in [-0.25, -0.2) is 4.57 Å². The second-order valence-electron chi connectivity index (χ2n) is 13.4. The Hall–Kier alpha value is -3.34. The molecule has 0 heterocycles. The molecule has 0 radical (unpaired) electrons. The highest BCUT2D eigenvalue weighted by molar-refractivity contribution is 7.47. The van der Waals surface area contributed by atoms with E-state index in [1.165, 1.54) is 19.3 Å². The molecule has 0 fully saturated rings. The van der Waals surface area contributed by atoms with Crippen molar-refractivity contribution in [3.63, 3.8) is 0 Å². The van der Waals surface area contributed by atoms with Crippen molar-refractivity contribution in [2.75, 3.05) is 19.8 Å². The van der Waals surface area contributed by atoms with Crippen LogP contribution in [0.15, 0.2) is 85.1 Å². The maximum atomic E-state index is 12.6. The summed E-state index contributed by atoms with van der Waals surface area (Å²) in [6.07, 6.45) is 46.6. The summed E-state index contributed by atoms with van der Waals surface area (Å²) in [6.45, 7) is 2.56. The molecule has 0 bridgehead atoms. The first-order valence-electron chi connectivity index (χ1n) is 20.6. The molecule has 0 aromatic carbocycles. The van der Waals surface area contributed by atoms with Crippen LogP contribution in [0.1, 0.15) is 142 Å². The minimum absolute atomic E-state index is 0.0764. The molecule has 0 aliphatic rings. The third-order valence-corrected chi connectivity index (χ3v) is 9.08. The number of unbranched alkanes of at least 4 members (excludes halogenated alkanes) is 9. The van der Waals surface area contributed by atoms with Crippen molar-refractivity contribution in [3.05, 3.63) is 85.1 Å². The fraction of sp³-hybridized carbons (Fsp3) is 0.614. The second kappa shape index (κ2) is 38.5. The van der Waals surface area contributed by atoms with Gasteiger partial charge in [-0.15, -0.1) is 0 Å². The Balaban J connectivity index is 4.55. The monoisotopic (exact) mass is 805 g/mol. The van der Waals surface area contributed by atoms with Gasteiger partial charge in [0.25, 0.3) is 0 Å². The Kier molecular flexibility index (Phi) is 36.2. The van der Waals surface area contributed by atoms with Crippen LogP contribution in [0.5, 0.6) is 0 Å². The van der Waals surface area contributed by atoms with Gasteiger partial charge >= 0.3 is 25.7 Å². The van der Waals surface area contributed by atoms with Gasteiger partial charge in [-0.2, -0.15) is 0 Å². The molecule has 0 aromatic heterocycles. The number of carboxylic acid groups (broad SMARTS) is 1. The largest absolute Gasteiger partial charge is 0.480 e. The fourth-order valence-electron chi connectivity index (χ4n) is 4.89. The number of phosphoric acid groups is 1. The zero-order valence-corrected chi connectivity index (χ0v) is 35.1. The third-order valence-electron chi connectivity index (χ3n) is 8.13. The summed E-state index contributed by atoms with van der Waals surface area (Å²) in [5, 5.41) is 8.88. The molecule has 0 rings (SSSR count). The number of rotatable bonds is 37. The molecule has 0 aromatic rings. The molecule has 4 N–H and O–H groups in total. The molecule has 1 unspecified atom stereocenters. The highest BCUT2D eigenvalue weighted by Crippen LogP contribution is 2.43. The number of esters is 2. The number of nitrogens with two attached hydrogens (primary N) is 1. The SMILES string of the molecule is CC/C=C\C/C=C\C/C=C\CCCCCCCC(=O)OC[C@H](COP(=O)(O)OC[C@H](N)C(=O)O)OC(=O)CCC/C=C\C/C=C\C/C=C\C/C=C\CCCCC. The van der Waals surface area contributed by atoms with Gasteiger partial charge in [0.1, 0.15) is 12.6 Å². The number of ether oxygens (including phenoxy) is 2. The summed E-state index contributed by atoms with van der Waals surface area (Å²) >= 11 is 0. The van der Waals surface area contributed by atoms with E-state index in [1.54, 1.807) is 0 Å². The van der Waals surface area contributed by atoms with Gasteiger partial charge < -0.3 is 25.2 Å². The van der Waals surface area contributed by atoms with Crippen molar-refractivity contribution >= 4 is 25.7 Å². The Morgan fingerprint density at radius 2 is 1.02 bits per heavy atom. The predicted molar refractivity (Wildman–Crippen MR) is 226 cm³/mol. The van der Waals surface area contributed by atoms with Gasteiger partial charge in [-0.05, 0) is 83.5 Å². The zero-order valence-electron chi connectivity index (χ0n) is 34.2. The van der Waals surface area contributed by atoms with Gasteiger partial charge in [-0.3, -0.25) is 23.4 Å². The minimum Gasteiger partial charge on any atom is -0.480 e. The molecule has 0 saturated heterocycles. The lowest BCUT2D eigenvalue weighted by molar-refractivity contribution is -0.161. The standard InChI is InChI=1S/C44H72NO10P/c1-3-5-7-9-11-13-15-17-19-20-22-24-26-28-30-32-34-36-43(47)55-40(38-53-56(50,51)54-39-41(45)44(48)49)37-52-42(46)35-33-31-29-27-25-23-21-18-16-14-12-10-8-6-4-2/h6,8,11-14,17-19,21-22,24,28,30,40-41H,3-5,7,9-10,15-16,20,23,25-27,29,31-39,45H2,1-2H3,(H,48,49)(H,50,51)/b8-6-,13-11-,14-12-,19-17-,21-18-,24-22-,30-28-/t40-,41+/m1/s1. The van der Waals surface area contributed by atoms with Gasteiger partial charge in [0, 0.05) is 12.8 Å². The van der Waals surface area contributed by atoms with Crippen LogP contribution in [-0.2, 0) is 37.5 Å². The van der Waals surface area contributed by atoms with E-state index in [9.17, 15) is 23.8 Å². The number of carboxylic acids is 1. The lowest BCUT2D eigenvalue weighted by Crippen LogP contribution is -2.34. The van der Waals surface area contributed by atoms with Crippen molar-refractivity contribution in [2.45, 2.75) is 154 Å². The summed E-state index contributed by atoms with van der Waals surface area (Å²) in [6, 6.07) is -1.54. The fourth-order valence-corrected chi connectivity index (χ4v) is 5.67. The third kappa shape index (κ3) is 37.6. The van der Waals surface area contributed by atoms with Crippen LogP contribution in [0.2, 0.25) is 0 Å². The summed E-state index contributed by atoms with van der Waals surface area (Å²) in [5.74, 6) is -2.49. The van der Waals surface area contributed by atoms with Crippen LogP contribution in [-0.4, -0.2) is 59.9 Å². The predicted octanol–water partition coefficient (Wildman–Crippen LogP) is 10.7. The van der Waals surface area contributed by atoms with Crippen LogP contribution >= 0.6 is 7.82 Å². The Morgan fingerprint density at radius 3 is 1.55 bits per heavy atom. The Morgan fingerprint density at radius 1 is 0.571 bits per heavy atom. The Labute approximate surface area is 337 Å². The number of carbonyl (C=O) groups is 3. The van der Waals surface area contributed by atoms with E-state index in [2.05, 4.69) is 91.3 Å². The first kappa shape index (κ1) is 52.7. The molecule has 0 aliphatic carbocycles. The maximum Gasteiger partial charge on any atom is 0.472 e. The molecule has 12 heteroatoms. The molecular formula is C44H72NO10P. The molecule has 0 amide bonds. The lowest BCUT2D eigenvalue weighted by Gasteiger charge is -2.20. The van der Waals surface area contributed by atoms with Crippen molar-refractivity contribution in [2.24, 2.45) is 5.73 Å². The second-order valence-corrected chi connectivity index (χ2v) is 14.8. The molecule has 0 saturated carbocycles. The van der Waals surface area contributed by atoms with E-state index in [1.807, 2.05) is 12.2 Å². The Bertz CT molecular complexity index is 1270. The molecule has 0 spiro atoms. The first-order chi connectivity index (χ1) is 27.1. The average molecular weight is 806 g/mol. The maximum absolute atomic E-state index is 12.6. The molecule has 56 heavy (non-hydrogen) atoms. The van der Waals surface area contributed by atoms with Crippen LogP contribution in [0, 0.1) is 0 Å². The van der Waals surface area contributed by atoms with E-state index in [-0.39, 0.29) is 19.4 Å². The quantitative estimate of drug-likeness (QED) is 0.0236. The topological polar surface area (TPSA) is 172 Å². The van der Waals surface area contributed by atoms with Gasteiger partial charge in [-0.1, -0.05) is 131 Å². The first-order valence-corrected chi connectivity index (χ1v) is 22.1. The van der Waals surface area contributed by atoms with E-state index in [0.717, 1.165) is 77.0 Å². The molecule has 0 aliphatic heterocycles. The van der Waals surface area contributed by atoms with Crippen molar-refractivity contribution in [1.82, 2.24) is 0 Å². The molecule has 318 valence electrons. The number of allylic oxidation sites excluding steroid dienone is 14. The number of aliphatic carboxylic acids is 1.